The maximum Gasteiger partial charge on any atom is 0.490 e. The summed E-state index contributed by atoms with van der Waals surface area (Å²) < 4.78 is 31.7. The van der Waals surface area contributed by atoms with Gasteiger partial charge in [0.05, 0.1) is 13.0 Å². The highest BCUT2D eigenvalue weighted by atomic mass is 19.4. The second-order valence-corrected chi connectivity index (χ2v) is 8.77. The SMILES string of the molecule is CC(=O)NC(CO)C(=O)NC(CC(=O)O)C(=O)NC(CCCCN)C(=O)N1CCCC1C(=O)O.O=C(O)C(F)(F)F. The molecule has 0 aromatic carbocycles. The summed E-state index contributed by atoms with van der Waals surface area (Å²) in [6.45, 7) is 0.846. The van der Waals surface area contributed by atoms with Gasteiger partial charge in [-0.2, -0.15) is 13.2 Å². The van der Waals surface area contributed by atoms with Crippen molar-refractivity contribution in [2.75, 3.05) is 19.7 Å². The Morgan fingerprint density at radius 3 is 1.90 bits per heavy atom. The molecular weight excluding hydrogens is 567 g/mol. The molecule has 0 aromatic rings. The van der Waals surface area contributed by atoms with Gasteiger partial charge in [0.2, 0.25) is 23.6 Å². The van der Waals surface area contributed by atoms with Crippen molar-refractivity contribution in [1.82, 2.24) is 20.9 Å². The van der Waals surface area contributed by atoms with Gasteiger partial charge in [0.25, 0.3) is 0 Å². The smallest absolute Gasteiger partial charge is 0.481 e. The third kappa shape index (κ3) is 13.8. The molecule has 0 bridgehead atoms. The van der Waals surface area contributed by atoms with Crippen LogP contribution in [-0.4, -0.2) is 117 Å². The van der Waals surface area contributed by atoms with Gasteiger partial charge in [0, 0.05) is 13.5 Å². The van der Waals surface area contributed by atoms with E-state index >= 15 is 0 Å². The quantitative estimate of drug-likeness (QED) is 0.0983. The molecule has 19 heteroatoms. The second-order valence-electron chi connectivity index (χ2n) is 8.77. The summed E-state index contributed by atoms with van der Waals surface area (Å²) in [6, 6.07) is -5.22. The third-order valence-electron chi connectivity index (χ3n) is 5.51. The van der Waals surface area contributed by atoms with Gasteiger partial charge in [-0.1, -0.05) is 0 Å². The van der Waals surface area contributed by atoms with Crippen LogP contribution in [0.15, 0.2) is 0 Å². The number of aliphatic carboxylic acids is 3. The van der Waals surface area contributed by atoms with Gasteiger partial charge in [-0.05, 0) is 38.6 Å². The molecule has 234 valence electrons. The molecule has 1 aliphatic rings. The van der Waals surface area contributed by atoms with Crippen LogP contribution in [0.1, 0.15) is 45.4 Å². The van der Waals surface area contributed by atoms with Crippen LogP contribution in [0, 0.1) is 0 Å². The fourth-order valence-corrected chi connectivity index (χ4v) is 3.61. The maximum atomic E-state index is 13.1. The van der Waals surface area contributed by atoms with Crippen LogP contribution in [0.3, 0.4) is 0 Å². The lowest BCUT2D eigenvalue weighted by Gasteiger charge is -2.29. The molecular formula is C22H34F3N5O11. The maximum absolute atomic E-state index is 13.1. The van der Waals surface area contributed by atoms with Gasteiger partial charge >= 0.3 is 24.1 Å². The van der Waals surface area contributed by atoms with Crippen molar-refractivity contribution < 1.29 is 67.2 Å². The van der Waals surface area contributed by atoms with E-state index in [1.165, 1.54) is 4.90 Å². The van der Waals surface area contributed by atoms with Crippen LogP contribution < -0.4 is 21.7 Å². The topological polar surface area (TPSA) is 266 Å². The van der Waals surface area contributed by atoms with E-state index < -0.39 is 84.9 Å². The molecule has 0 aliphatic carbocycles. The first-order chi connectivity index (χ1) is 19.0. The Hall–Kier alpha value is -4.00. The number of amides is 4. The molecule has 1 fully saturated rings. The highest BCUT2D eigenvalue weighted by Gasteiger charge is 2.39. The fourth-order valence-electron chi connectivity index (χ4n) is 3.61. The van der Waals surface area contributed by atoms with Crippen molar-refractivity contribution in [3.05, 3.63) is 0 Å². The molecule has 4 atom stereocenters. The Kier molecular flexibility index (Phi) is 15.9. The van der Waals surface area contributed by atoms with Crippen LogP contribution in [0.4, 0.5) is 13.2 Å². The van der Waals surface area contributed by atoms with Crippen molar-refractivity contribution in [3.63, 3.8) is 0 Å². The van der Waals surface area contributed by atoms with Crippen LogP contribution in [0.25, 0.3) is 0 Å². The van der Waals surface area contributed by atoms with E-state index in [0.717, 1.165) is 6.92 Å². The van der Waals surface area contributed by atoms with E-state index in [4.69, 9.17) is 20.7 Å². The monoisotopic (exact) mass is 601 g/mol. The minimum atomic E-state index is -5.08. The van der Waals surface area contributed by atoms with Gasteiger partial charge in [-0.15, -0.1) is 0 Å². The van der Waals surface area contributed by atoms with Gasteiger partial charge in [-0.25, -0.2) is 9.59 Å². The molecule has 1 saturated heterocycles. The Labute approximate surface area is 231 Å². The molecule has 0 aromatic heterocycles. The summed E-state index contributed by atoms with van der Waals surface area (Å²) in [5, 5.41) is 41.7. The minimum Gasteiger partial charge on any atom is -0.481 e. The van der Waals surface area contributed by atoms with Crippen molar-refractivity contribution in [3.8, 4) is 0 Å². The van der Waals surface area contributed by atoms with Crippen LogP contribution in [0.5, 0.6) is 0 Å². The predicted octanol–water partition coefficient (Wildman–Crippen LogP) is -2.23. The number of carbonyl (C=O) groups excluding carboxylic acids is 4. The zero-order chi connectivity index (χ0) is 31.9. The fraction of sp³-hybridized carbons (Fsp3) is 0.682. The van der Waals surface area contributed by atoms with Gasteiger partial charge in [0.15, 0.2) is 0 Å². The number of alkyl halides is 3. The van der Waals surface area contributed by atoms with Crippen molar-refractivity contribution >= 4 is 41.5 Å². The zero-order valence-corrected chi connectivity index (χ0v) is 22.0. The average Bonchev–Trinajstić information content (AvgIpc) is 3.35. The van der Waals surface area contributed by atoms with Crippen molar-refractivity contribution in [2.24, 2.45) is 5.73 Å². The number of nitrogens with one attached hydrogen (secondary N) is 3. The van der Waals surface area contributed by atoms with Gasteiger partial charge in [-0.3, -0.25) is 24.0 Å². The standard InChI is InChI=1S/C20H33N5O9.C2HF3O2/c1-11(27)22-14(10-26)18(31)24-13(9-16(28)29)17(30)23-12(5-2-3-7-21)19(32)25-8-4-6-15(25)20(33)34;3-2(4,5)1(6)7/h12-15,26H,2-10,21H2,1H3,(H,22,27)(H,23,30)(H,24,31)(H,28,29)(H,33,34);(H,6,7). The Balaban J connectivity index is 0.00000201. The molecule has 4 amide bonds. The molecule has 1 aliphatic heterocycles. The van der Waals surface area contributed by atoms with Crippen molar-refractivity contribution in [1.29, 1.82) is 0 Å². The molecule has 0 saturated carbocycles. The van der Waals surface area contributed by atoms with E-state index in [0.29, 0.717) is 25.8 Å². The van der Waals surface area contributed by atoms with Crippen LogP contribution in [0.2, 0.25) is 0 Å². The van der Waals surface area contributed by atoms with E-state index in [1.807, 2.05) is 0 Å². The lowest BCUT2D eigenvalue weighted by atomic mass is 10.1. The lowest BCUT2D eigenvalue weighted by molar-refractivity contribution is -0.192. The number of rotatable bonds is 14. The number of aliphatic hydroxyl groups excluding tert-OH is 1. The van der Waals surface area contributed by atoms with E-state index in [-0.39, 0.29) is 19.4 Å². The zero-order valence-electron chi connectivity index (χ0n) is 22.0. The van der Waals surface area contributed by atoms with E-state index in [2.05, 4.69) is 16.0 Å². The highest BCUT2D eigenvalue weighted by Crippen LogP contribution is 2.20. The van der Waals surface area contributed by atoms with Gasteiger partial charge < -0.3 is 47.0 Å². The third-order valence-corrected chi connectivity index (χ3v) is 5.51. The summed E-state index contributed by atoms with van der Waals surface area (Å²) in [5.74, 6) is -8.56. The molecule has 16 nitrogen and oxygen atoms in total. The molecule has 1 rings (SSSR count). The minimum absolute atomic E-state index is 0.128. The molecule has 0 spiro atoms. The van der Waals surface area contributed by atoms with E-state index in [1.54, 1.807) is 0 Å². The Morgan fingerprint density at radius 2 is 1.46 bits per heavy atom. The molecule has 1 heterocycles. The van der Waals surface area contributed by atoms with Crippen LogP contribution >= 0.6 is 0 Å². The van der Waals surface area contributed by atoms with E-state index in [9.17, 15) is 52.2 Å². The van der Waals surface area contributed by atoms with Gasteiger partial charge in [0.1, 0.15) is 24.2 Å². The summed E-state index contributed by atoms with van der Waals surface area (Å²) in [7, 11) is 0. The Bertz CT molecular complexity index is 964. The first-order valence-electron chi connectivity index (χ1n) is 12.2. The predicted molar refractivity (Wildman–Crippen MR) is 130 cm³/mol. The first kappa shape index (κ1) is 37.0. The largest absolute Gasteiger partial charge is 0.490 e. The number of nitrogens with two attached hydrogens (primary N) is 1. The number of nitrogens with zero attached hydrogens (tertiary/aromatic N) is 1. The molecule has 9 N–H and O–H groups in total. The van der Waals surface area contributed by atoms with Crippen molar-refractivity contribution in [2.45, 2.75) is 75.8 Å². The number of hydrogen-bond acceptors (Lipinski definition) is 9. The highest BCUT2D eigenvalue weighted by molar-refractivity contribution is 5.96. The number of carboxylic acids is 3. The number of aliphatic hydroxyl groups is 1. The summed E-state index contributed by atoms with van der Waals surface area (Å²) >= 11 is 0. The second kappa shape index (κ2) is 17.6. The number of halogens is 3. The summed E-state index contributed by atoms with van der Waals surface area (Å²) in [5.41, 5.74) is 5.49. The first-order valence-corrected chi connectivity index (χ1v) is 12.2. The number of hydrogen-bond donors (Lipinski definition) is 8. The molecule has 4 unspecified atom stereocenters. The summed E-state index contributed by atoms with van der Waals surface area (Å²) in [6.07, 6.45) is -4.07. The number of carboxylic acid groups (broad SMARTS) is 3. The number of likely N-dealkylation sites (tertiary alicyclic amines) is 1. The normalized spacial score (nSPS) is 16.7. The lowest BCUT2D eigenvalue weighted by Crippen LogP contribution is -2.58. The number of carbonyl (C=O) groups is 7. The molecule has 41 heavy (non-hydrogen) atoms. The number of unbranched alkanes of at least 4 members (excludes halogenated alkanes) is 1. The summed E-state index contributed by atoms with van der Waals surface area (Å²) in [4.78, 5) is 82.3. The average molecular weight is 602 g/mol. The van der Waals surface area contributed by atoms with Crippen LogP contribution in [-0.2, 0) is 33.6 Å². The Morgan fingerprint density at radius 1 is 0.927 bits per heavy atom. The molecule has 0 radical (unpaired) electrons.